The minimum absolute atomic E-state index is 0.0346. The summed E-state index contributed by atoms with van der Waals surface area (Å²) in [5.74, 6) is 1.05. The summed E-state index contributed by atoms with van der Waals surface area (Å²) in [5.41, 5.74) is -1.24. The first-order chi connectivity index (χ1) is 13.0. The van der Waals surface area contributed by atoms with Crippen LogP contribution in [0.1, 0.15) is 60.8 Å². The van der Waals surface area contributed by atoms with Crippen LogP contribution in [0.2, 0.25) is 0 Å². The highest BCUT2D eigenvalue weighted by Gasteiger charge is 2.52. The third kappa shape index (κ3) is 5.20. The first kappa shape index (κ1) is 23.4. The maximum absolute atomic E-state index is 13.3. The van der Waals surface area contributed by atoms with E-state index in [0.29, 0.717) is 25.4 Å². The summed E-state index contributed by atoms with van der Waals surface area (Å²) in [5, 5.41) is 15.8. The lowest BCUT2D eigenvalue weighted by Crippen LogP contribution is -2.63. The fourth-order valence-corrected chi connectivity index (χ4v) is 4.65. The number of carbonyl (C=O) groups excluding carboxylic acids is 1. The van der Waals surface area contributed by atoms with Crippen LogP contribution in [-0.4, -0.2) is 47.2 Å². The van der Waals surface area contributed by atoms with Gasteiger partial charge < -0.3 is 15.3 Å². The molecule has 1 saturated heterocycles. The fourth-order valence-electron chi connectivity index (χ4n) is 4.49. The summed E-state index contributed by atoms with van der Waals surface area (Å²) in [4.78, 5) is 15.2. The van der Waals surface area contributed by atoms with Crippen molar-refractivity contribution in [3.05, 3.63) is 23.3 Å². The number of carbonyl (C=O) groups is 1. The van der Waals surface area contributed by atoms with Crippen molar-refractivity contribution in [2.75, 3.05) is 19.6 Å². The van der Waals surface area contributed by atoms with Gasteiger partial charge in [0, 0.05) is 29.5 Å². The van der Waals surface area contributed by atoms with E-state index in [1.54, 1.807) is 0 Å². The maximum Gasteiger partial charge on any atom is 0.239 e. The molecule has 0 saturated carbocycles. The minimum atomic E-state index is -0.841. The smallest absolute Gasteiger partial charge is 0.239 e. The van der Waals surface area contributed by atoms with Gasteiger partial charge in [-0.15, -0.1) is 0 Å². The zero-order valence-electron chi connectivity index (χ0n) is 18.5. The van der Waals surface area contributed by atoms with Gasteiger partial charge in [-0.2, -0.15) is 0 Å². The minimum Gasteiger partial charge on any atom is -0.389 e. The van der Waals surface area contributed by atoms with Crippen molar-refractivity contribution in [3.63, 3.8) is 0 Å². The Morgan fingerprint density at radius 1 is 1.36 bits per heavy atom. The van der Waals surface area contributed by atoms with Crippen LogP contribution < -0.4 is 5.32 Å². The molecule has 2 rings (SSSR count). The van der Waals surface area contributed by atoms with E-state index in [1.165, 1.54) is 0 Å². The Morgan fingerprint density at radius 2 is 2.04 bits per heavy atom. The molecule has 1 aliphatic heterocycles. The van der Waals surface area contributed by atoms with Crippen molar-refractivity contribution in [2.24, 2.45) is 23.2 Å². The fraction of sp³-hybridized carbons (Fsp3) is 0.783. The van der Waals surface area contributed by atoms with Crippen molar-refractivity contribution >= 4 is 17.5 Å². The molecule has 3 atom stereocenters. The van der Waals surface area contributed by atoms with E-state index in [1.807, 2.05) is 23.1 Å². The van der Waals surface area contributed by atoms with Crippen LogP contribution in [0, 0.1) is 23.2 Å². The summed E-state index contributed by atoms with van der Waals surface area (Å²) >= 11 is 6.06. The zero-order valence-corrected chi connectivity index (χ0v) is 19.2. The quantitative estimate of drug-likeness (QED) is 0.656. The lowest BCUT2D eigenvalue weighted by atomic mass is 9.62. The third-order valence-electron chi connectivity index (χ3n) is 6.52. The number of nitrogens with zero attached hydrogens (tertiary/aromatic N) is 1. The number of rotatable bonds is 7. The second kappa shape index (κ2) is 9.32. The molecular formula is C23H39ClN2O2. The molecule has 1 heterocycles. The van der Waals surface area contributed by atoms with E-state index in [-0.39, 0.29) is 23.8 Å². The van der Waals surface area contributed by atoms with Crippen LogP contribution in [0.3, 0.4) is 0 Å². The second-order valence-corrected chi connectivity index (χ2v) is 10.4. The van der Waals surface area contributed by atoms with Crippen LogP contribution in [-0.2, 0) is 4.79 Å². The molecule has 5 heteroatoms. The van der Waals surface area contributed by atoms with Gasteiger partial charge in [0.25, 0.3) is 0 Å². The van der Waals surface area contributed by atoms with E-state index in [4.69, 9.17) is 11.6 Å². The lowest BCUT2D eigenvalue weighted by Gasteiger charge is -2.54. The molecule has 2 aliphatic rings. The first-order valence-electron chi connectivity index (χ1n) is 10.8. The van der Waals surface area contributed by atoms with Gasteiger partial charge in [0.2, 0.25) is 5.91 Å². The number of hydrogen-bond acceptors (Lipinski definition) is 3. The second-order valence-electron chi connectivity index (χ2n) is 9.97. The third-order valence-corrected chi connectivity index (χ3v) is 6.80. The molecule has 1 fully saturated rings. The van der Waals surface area contributed by atoms with E-state index in [0.717, 1.165) is 24.4 Å². The van der Waals surface area contributed by atoms with E-state index >= 15 is 0 Å². The van der Waals surface area contributed by atoms with Crippen LogP contribution in [0.4, 0.5) is 0 Å². The topological polar surface area (TPSA) is 52.6 Å². The van der Waals surface area contributed by atoms with Gasteiger partial charge >= 0.3 is 0 Å². The molecule has 1 amide bonds. The van der Waals surface area contributed by atoms with Gasteiger partial charge in [0.15, 0.2) is 0 Å². The van der Waals surface area contributed by atoms with Crippen molar-refractivity contribution in [2.45, 2.75) is 72.4 Å². The largest absolute Gasteiger partial charge is 0.389 e. The van der Waals surface area contributed by atoms with Gasteiger partial charge in [-0.05, 0) is 43.7 Å². The molecule has 2 N–H and O–H groups in total. The van der Waals surface area contributed by atoms with E-state index < -0.39 is 11.0 Å². The molecule has 0 aromatic rings. The highest BCUT2D eigenvalue weighted by atomic mass is 35.5. The predicted octanol–water partition coefficient (Wildman–Crippen LogP) is 4.34. The van der Waals surface area contributed by atoms with Crippen molar-refractivity contribution in [1.29, 1.82) is 0 Å². The highest BCUT2D eigenvalue weighted by molar-refractivity contribution is 6.31. The predicted molar refractivity (Wildman–Crippen MR) is 117 cm³/mol. The average molecular weight is 411 g/mol. The Bertz CT molecular complexity index is 612. The van der Waals surface area contributed by atoms with Gasteiger partial charge in [-0.3, -0.25) is 4.79 Å². The average Bonchev–Trinajstić information content (AvgIpc) is 2.60. The SMILES string of the molecule is CC(C)CCN[C@@H](C(=O)N1CC[C@](O)(C2C=CC(Cl)=CC2)C(C)(C)C1)C(C)C. The number of halogens is 1. The molecule has 0 aromatic carbocycles. The molecule has 4 nitrogen and oxygen atoms in total. The number of aliphatic hydroxyl groups is 1. The van der Waals surface area contributed by atoms with Gasteiger partial charge in [-0.1, -0.05) is 65.3 Å². The van der Waals surface area contributed by atoms with Gasteiger partial charge in [0.05, 0.1) is 11.6 Å². The molecule has 160 valence electrons. The molecule has 0 bridgehead atoms. The van der Waals surface area contributed by atoms with E-state index in [2.05, 4.69) is 46.9 Å². The number of likely N-dealkylation sites (tertiary alicyclic amines) is 1. The maximum atomic E-state index is 13.3. The summed E-state index contributed by atoms with van der Waals surface area (Å²) < 4.78 is 0. The van der Waals surface area contributed by atoms with Crippen LogP contribution in [0.15, 0.2) is 23.3 Å². The molecule has 0 spiro atoms. The molecule has 0 radical (unpaired) electrons. The Hall–Kier alpha value is -0.840. The first-order valence-corrected chi connectivity index (χ1v) is 11.1. The number of allylic oxidation sites excluding steroid dienone is 3. The monoisotopic (exact) mass is 410 g/mol. The summed E-state index contributed by atoms with van der Waals surface area (Å²) in [6, 6.07) is -0.169. The molecule has 1 unspecified atom stereocenters. The number of amides is 1. The Labute approximate surface area is 176 Å². The zero-order chi connectivity index (χ0) is 21.1. The molecular weight excluding hydrogens is 372 g/mol. The van der Waals surface area contributed by atoms with E-state index in [9.17, 15) is 9.90 Å². The highest BCUT2D eigenvalue weighted by Crippen LogP contribution is 2.46. The van der Waals surface area contributed by atoms with Crippen molar-refractivity contribution < 1.29 is 9.90 Å². The summed E-state index contributed by atoms with van der Waals surface area (Å²) in [7, 11) is 0. The molecule has 0 aromatic heterocycles. The van der Waals surface area contributed by atoms with Gasteiger partial charge in [0.1, 0.15) is 0 Å². The summed E-state index contributed by atoms with van der Waals surface area (Å²) in [6.45, 7) is 14.8. The Balaban J connectivity index is 2.07. The van der Waals surface area contributed by atoms with Crippen LogP contribution in [0.5, 0.6) is 0 Å². The lowest BCUT2D eigenvalue weighted by molar-refractivity contribution is -0.162. The van der Waals surface area contributed by atoms with Crippen LogP contribution >= 0.6 is 11.6 Å². The van der Waals surface area contributed by atoms with Gasteiger partial charge in [-0.25, -0.2) is 0 Å². The number of nitrogens with one attached hydrogen (secondary N) is 1. The number of piperidine rings is 1. The molecule has 1 aliphatic carbocycles. The normalized spacial score (nSPS) is 28.6. The van der Waals surface area contributed by atoms with Crippen LogP contribution in [0.25, 0.3) is 0 Å². The van der Waals surface area contributed by atoms with Crippen molar-refractivity contribution in [1.82, 2.24) is 10.2 Å². The Morgan fingerprint density at radius 3 is 2.54 bits per heavy atom. The number of hydrogen-bond donors (Lipinski definition) is 2. The van der Waals surface area contributed by atoms with Crippen molar-refractivity contribution in [3.8, 4) is 0 Å². The summed E-state index contributed by atoms with van der Waals surface area (Å²) in [6.07, 6.45) is 8.29. The standard InChI is InChI=1S/C23H39ClN2O2/c1-16(2)11-13-25-20(17(3)4)21(27)26-14-12-23(28,22(5,6)15-26)18-7-9-19(24)10-8-18/h7,9-10,16-18,20,25,28H,8,11-15H2,1-6H3/t18?,20-,23+/m1/s1. The molecule has 28 heavy (non-hydrogen) atoms. The Kier molecular flexibility index (Phi) is 7.80.